The number of likely N-dealkylation sites (N-methyl/N-ethyl adjacent to an activating group) is 2. The lowest BCUT2D eigenvalue weighted by Crippen LogP contribution is -2.46. The Balaban J connectivity index is 2.65. The van der Waals surface area contributed by atoms with Crippen LogP contribution < -0.4 is 15.4 Å². The minimum absolute atomic E-state index is 0.0806. The van der Waals surface area contributed by atoms with Crippen LogP contribution in [0.1, 0.15) is 20.8 Å². The van der Waals surface area contributed by atoms with Gasteiger partial charge >= 0.3 is 6.36 Å². The van der Waals surface area contributed by atoms with Crippen LogP contribution in [0.25, 0.3) is 0 Å². The summed E-state index contributed by atoms with van der Waals surface area (Å²) < 4.78 is 40.1. The highest BCUT2D eigenvalue weighted by Crippen LogP contribution is 2.24. The average molecular weight is 361 g/mol. The van der Waals surface area contributed by atoms with Gasteiger partial charge < -0.3 is 15.4 Å². The fourth-order valence-corrected chi connectivity index (χ4v) is 2.11. The van der Waals surface area contributed by atoms with Gasteiger partial charge in [0.1, 0.15) is 5.75 Å². The molecule has 25 heavy (non-hydrogen) atoms. The summed E-state index contributed by atoms with van der Waals surface area (Å²) in [5.74, 6) is -0.918. The molecule has 0 fully saturated rings. The van der Waals surface area contributed by atoms with Crippen molar-refractivity contribution >= 4 is 17.5 Å². The number of anilines is 1. The smallest absolute Gasteiger partial charge is 0.406 e. The second-order valence-corrected chi connectivity index (χ2v) is 5.25. The van der Waals surface area contributed by atoms with Crippen LogP contribution >= 0.6 is 0 Å². The maximum atomic E-state index is 12.3. The minimum atomic E-state index is -4.76. The number of carbonyl (C=O) groups excluding carboxylic acids is 2. The molecule has 0 heterocycles. The lowest BCUT2D eigenvalue weighted by molar-refractivity contribution is -0.274. The molecule has 0 aliphatic carbocycles. The number of nitrogens with one attached hydrogen (secondary N) is 2. The minimum Gasteiger partial charge on any atom is -0.406 e. The quantitative estimate of drug-likeness (QED) is 0.746. The summed E-state index contributed by atoms with van der Waals surface area (Å²) in [6, 6.07) is 4.26. The van der Waals surface area contributed by atoms with Gasteiger partial charge in [-0.1, -0.05) is 6.92 Å². The third-order valence-corrected chi connectivity index (χ3v) is 3.41. The molecule has 1 aromatic carbocycles. The number of benzene rings is 1. The van der Waals surface area contributed by atoms with E-state index in [9.17, 15) is 22.8 Å². The molecule has 1 aromatic rings. The van der Waals surface area contributed by atoms with E-state index >= 15 is 0 Å². The van der Waals surface area contributed by atoms with Crippen molar-refractivity contribution in [2.24, 2.45) is 0 Å². The van der Waals surface area contributed by atoms with Crippen LogP contribution in [0.5, 0.6) is 5.75 Å². The van der Waals surface area contributed by atoms with Gasteiger partial charge in [-0.05, 0) is 44.7 Å². The standard InChI is InChI=1S/C16H22F3N3O3/c1-4-20-14(23)10-22(5-2)11(3)15(24)21-12-6-8-13(9-7-12)25-16(17,18)19/h6-9,11H,4-5,10H2,1-3H3,(H,20,23)(H,21,24)/t11-/m1/s1. The van der Waals surface area contributed by atoms with Crippen LogP contribution in [0.3, 0.4) is 0 Å². The van der Waals surface area contributed by atoms with E-state index in [0.29, 0.717) is 18.8 Å². The van der Waals surface area contributed by atoms with E-state index in [1.54, 1.807) is 18.7 Å². The Kier molecular flexibility index (Phi) is 7.69. The second-order valence-electron chi connectivity index (χ2n) is 5.25. The largest absolute Gasteiger partial charge is 0.573 e. The van der Waals surface area contributed by atoms with E-state index < -0.39 is 12.4 Å². The fourth-order valence-electron chi connectivity index (χ4n) is 2.11. The van der Waals surface area contributed by atoms with E-state index in [2.05, 4.69) is 15.4 Å². The van der Waals surface area contributed by atoms with Crippen LogP contribution in [0.2, 0.25) is 0 Å². The van der Waals surface area contributed by atoms with E-state index in [4.69, 9.17) is 0 Å². The number of nitrogens with zero attached hydrogens (tertiary/aromatic N) is 1. The molecule has 2 N–H and O–H groups in total. The van der Waals surface area contributed by atoms with Crippen LogP contribution in [0.15, 0.2) is 24.3 Å². The molecule has 0 unspecified atom stereocenters. The van der Waals surface area contributed by atoms with Gasteiger partial charge in [0.05, 0.1) is 12.6 Å². The van der Waals surface area contributed by atoms with Crippen molar-refractivity contribution in [3.05, 3.63) is 24.3 Å². The van der Waals surface area contributed by atoms with Gasteiger partial charge in [0.25, 0.3) is 0 Å². The predicted molar refractivity (Wildman–Crippen MR) is 87.1 cm³/mol. The molecule has 6 nitrogen and oxygen atoms in total. The normalized spacial score (nSPS) is 12.6. The summed E-state index contributed by atoms with van der Waals surface area (Å²) in [5.41, 5.74) is 0.334. The Labute approximate surface area is 144 Å². The maximum Gasteiger partial charge on any atom is 0.573 e. The molecule has 0 spiro atoms. The van der Waals surface area contributed by atoms with Crippen LogP contribution in [-0.2, 0) is 9.59 Å². The molecular weight excluding hydrogens is 339 g/mol. The first-order valence-electron chi connectivity index (χ1n) is 7.83. The zero-order valence-electron chi connectivity index (χ0n) is 14.3. The Hall–Kier alpha value is -2.29. The number of carbonyl (C=O) groups is 2. The van der Waals surface area contributed by atoms with Crippen molar-refractivity contribution in [2.75, 3.05) is 25.0 Å². The van der Waals surface area contributed by atoms with Gasteiger partial charge in [0, 0.05) is 12.2 Å². The molecule has 0 aliphatic heterocycles. The third-order valence-electron chi connectivity index (χ3n) is 3.41. The topological polar surface area (TPSA) is 70.7 Å². The van der Waals surface area contributed by atoms with Gasteiger partial charge in [0.15, 0.2) is 0 Å². The molecule has 1 atom stereocenters. The van der Waals surface area contributed by atoms with Crippen molar-refractivity contribution in [3.8, 4) is 5.75 Å². The number of halogens is 3. The number of amides is 2. The lowest BCUT2D eigenvalue weighted by Gasteiger charge is -2.26. The first-order valence-corrected chi connectivity index (χ1v) is 7.83. The van der Waals surface area contributed by atoms with Gasteiger partial charge in [-0.2, -0.15) is 0 Å². The zero-order chi connectivity index (χ0) is 19.0. The third kappa shape index (κ3) is 7.42. The number of ether oxygens (including phenoxy) is 1. The molecule has 0 aliphatic rings. The highest BCUT2D eigenvalue weighted by atomic mass is 19.4. The molecule has 0 radical (unpaired) electrons. The summed E-state index contributed by atoms with van der Waals surface area (Å²) in [4.78, 5) is 25.6. The highest BCUT2D eigenvalue weighted by molar-refractivity contribution is 5.95. The maximum absolute atomic E-state index is 12.3. The summed E-state index contributed by atoms with van der Waals surface area (Å²) in [6.07, 6.45) is -4.76. The highest BCUT2D eigenvalue weighted by Gasteiger charge is 2.31. The molecule has 0 bridgehead atoms. The first-order chi connectivity index (χ1) is 11.7. The van der Waals surface area contributed by atoms with E-state index in [1.807, 2.05) is 6.92 Å². The molecular formula is C16H22F3N3O3. The monoisotopic (exact) mass is 361 g/mol. The fraction of sp³-hybridized carbons (Fsp3) is 0.500. The van der Waals surface area contributed by atoms with Crippen molar-refractivity contribution in [3.63, 3.8) is 0 Å². The molecule has 0 aromatic heterocycles. The van der Waals surface area contributed by atoms with E-state index in [1.165, 1.54) is 12.1 Å². The Morgan fingerprint density at radius 3 is 2.28 bits per heavy atom. The van der Waals surface area contributed by atoms with Crippen molar-refractivity contribution in [2.45, 2.75) is 33.2 Å². The van der Waals surface area contributed by atoms with Gasteiger partial charge in [-0.15, -0.1) is 13.2 Å². The number of hydrogen-bond acceptors (Lipinski definition) is 4. The summed E-state index contributed by atoms with van der Waals surface area (Å²) in [5, 5.41) is 5.26. The van der Waals surface area contributed by atoms with Gasteiger partial charge in [-0.3, -0.25) is 14.5 Å². The van der Waals surface area contributed by atoms with Gasteiger partial charge in [-0.25, -0.2) is 0 Å². The zero-order valence-corrected chi connectivity index (χ0v) is 14.3. The molecule has 9 heteroatoms. The van der Waals surface area contributed by atoms with Crippen LogP contribution in [-0.4, -0.2) is 48.8 Å². The van der Waals surface area contributed by atoms with Crippen LogP contribution in [0.4, 0.5) is 18.9 Å². The SMILES string of the molecule is CCNC(=O)CN(CC)[C@H](C)C(=O)Nc1ccc(OC(F)(F)F)cc1. The first kappa shape index (κ1) is 20.8. The van der Waals surface area contributed by atoms with E-state index in [-0.39, 0.29) is 24.1 Å². The van der Waals surface area contributed by atoms with Crippen molar-refractivity contribution < 1.29 is 27.5 Å². The number of alkyl halides is 3. The van der Waals surface area contributed by atoms with Crippen molar-refractivity contribution in [1.82, 2.24) is 10.2 Å². The Morgan fingerprint density at radius 2 is 1.80 bits per heavy atom. The Bertz CT molecular complexity index is 576. The molecule has 0 saturated carbocycles. The summed E-state index contributed by atoms with van der Waals surface area (Å²) in [7, 11) is 0. The summed E-state index contributed by atoms with van der Waals surface area (Å²) in [6.45, 7) is 6.35. The van der Waals surface area contributed by atoms with Gasteiger partial charge in [0.2, 0.25) is 11.8 Å². The second kappa shape index (κ2) is 9.26. The molecule has 140 valence electrons. The molecule has 1 rings (SSSR count). The lowest BCUT2D eigenvalue weighted by atomic mass is 10.2. The predicted octanol–water partition coefficient (Wildman–Crippen LogP) is 2.37. The summed E-state index contributed by atoms with van der Waals surface area (Å²) >= 11 is 0. The van der Waals surface area contributed by atoms with E-state index in [0.717, 1.165) is 12.1 Å². The molecule has 0 saturated heterocycles. The van der Waals surface area contributed by atoms with Crippen molar-refractivity contribution in [1.29, 1.82) is 0 Å². The van der Waals surface area contributed by atoms with Crippen LogP contribution in [0, 0.1) is 0 Å². The Morgan fingerprint density at radius 1 is 1.20 bits per heavy atom. The number of rotatable bonds is 8. The molecule has 2 amide bonds. The average Bonchev–Trinajstić information content (AvgIpc) is 2.52. The number of hydrogen-bond donors (Lipinski definition) is 2.